The second-order valence-electron chi connectivity index (χ2n) is 3.80. The Morgan fingerprint density at radius 1 is 1.16 bits per heavy atom. The Morgan fingerprint density at radius 2 is 1.89 bits per heavy atom. The molecule has 0 aromatic heterocycles. The average Bonchev–Trinajstić information content (AvgIpc) is 2.38. The zero-order chi connectivity index (χ0) is 14.0. The second-order valence-corrected chi connectivity index (χ2v) is 4.96. The summed E-state index contributed by atoms with van der Waals surface area (Å²) in [6.45, 7) is 0. The van der Waals surface area contributed by atoms with Crippen molar-refractivity contribution in [3.05, 3.63) is 62.7 Å². The Morgan fingerprint density at radius 3 is 2.47 bits per heavy atom. The quantitative estimate of drug-likeness (QED) is 0.604. The first-order valence-corrected chi connectivity index (χ1v) is 6.44. The van der Waals surface area contributed by atoms with Crippen LogP contribution in [0.15, 0.2) is 36.4 Å². The molecule has 0 aliphatic carbocycles. The van der Waals surface area contributed by atoms with E-state index < -0.39 is 11.6 Å². The molecule has 5 heteroatoms. The van der Waals surface area contributed by atoms with Crippen molar-refractivity contribution in [3.8, 4) is 5.75 Å². The number of hydrogen-bond acceptors (Lipinski definition) is 2. The third kappa shape index (κ3) is 2.91. The van der Waals surface area contributed by atoms with Crippen LogP contribution in [-0.4, -0.2) is 12.9 Å². The number of rotatable bonds is 3. The Hall–Kier alpha value is -1.50. The SMILES string of the molecule is COc1ccc(C(=O)c2ccc(F)cc2I)cc1F. The monoisotopic (exact) mass is 374 g/mol. The van der Waals surface area contributed by atoms with Crippen molar-refractivity contribution in [2.24, 2.45) is 0 Å². The molecule has 0 saturated carbocycles. The molecular weight excluding hydrogens is 365 g/mol. The lowest BCUT2D eigenvalue weighted by Crippen LogP contribution is -2.05. The normalized spacial score (nSPS) is 10.3. The third-order valence-electron chi connectivity index (χ3n) is 2.59. The van der Waals surface area contributed by atoms with Crippen LogP contribution >= 0.6 is 22.6 Å². The predicted molar refractivity (Wildman–Crippen MR) is 75.5 cm³/mol. The molecule has 0 spiro atoms. The molecule has 0 radical (unpaired) electrons. The van der Waals surface area contributed by atoms with Gasteiger partial charge in [-0.1, -0.05) is 0 Å². The number of hydrogen-bond donors (Lipinski definition) is 0. The lowest BCUT2D eigenvalue weighted by Gasteiger charge is -2.06. The third-order valence-corrected chi connectivity index (χ3v) is 3.48. The smallest absolute Gasteiger partial charge is 0.194 e. The molecule has 0 atom stereocenters. The Bertz CT molecular complexity index is 641. The van der Waals surface area contributed by atoms with Crippen molar-refractivity contribution in [2.45, 2.75) is 0 Å². The van der Waals surface area contributed by atoms with E-state index in [1.807, 2.05) is 22.6 Å². The van der Waals surface area contributed by atoms with Gasteiger partial charge in [0.2, 0.25) is 0 Å². The number of methoxy groups -OCH3 is 1. The van der Waals surface area contributed by atoms with Crippen molar-refractivity contribution in [2.75, 3.05) is 7.11 Å². The summed E-state index contributed by atoms with van der Waals surface area (Å²) in [5.41, 5.74) is 0.536. The highest BCUT2D eigenvalue weighted by molar-refractivity contribution is 14.1. The van der Waals surface area contributed by atoms with Crippen LogP contribution in [0.1, 0.15) is 15.9 Å². The van der Waals surface area contributed by atoms with Gasteiger partial charge in [0.1, 0.15) is 5.82 Å². The molecule has 19 heavy (non-hydrogen) atoms. The van der Waals surface area contributed by atoms with E-state index in [0.717, 1.165) is 6.07 Å². The van der Waals surface area contributed by atoms with Gasteiger partial charge in [0.15, 0.2) is 17.3 Å². The van der Waals surface area contributed by atoms with Gasteiger partial charge in [-0.15, -0.1) is 0 Å². The summed E-state index contributed by atoms with van der Waals surface area (Å²) in [6.07, 6.45) is 0. The summed E-state index contributed by atoms with van der Waals surface area (Å²) in [6, 6.07) is 7.83. The minimum atomic E-state index is -0.606. The lowest BCUT2D eigenvalue weighted by atomic mass is 10.0. The van der Waals surface area contributed by atoms with Crippen molar-refractivity contribution in [3.63, 3.8) is 0 Å². The van der Waals surface area contributed by atoms with E-state index in [-0.39, 0.29) is 17.1 Å². The molecule has 2 aromatic carbocycles. The van der Waals surface area contributed by atoms with Crippen molar-refractivity contribution in [1.29, 1.82) is 0 Å². The van der Waals surface area contributed by atoms with E-state index in [0.29, 0.717) is 9.13 Å². The van der Waals surface area contributed by atoms with Crippen LogP contribution in [0.3, 0.4) is 0 Å². The number of carbonyl (C=O) groups excluding carboxylic acids is 1. The summed E-state index contributed by atoms with van der Waals surface area (Å²) in [5.74, 6) is -1.30. The van der Waals surface area contributed by atoms with Gasteiger partial charge < -0.3 is 4.74 Å². The number of ketones is 1. The topological polar surface area (TPSA) is 26.3 Å². The molecule has 0 saturated heterocycles. The highest BCUT2D eigenvalue weighted by atomic mass is 127. The largest absolute Gasteiger partial charge is 0.494 e. The Kier molecular flexibility index (Phi) is 4.14. The van der Waals surface area contributed by atoms with E-state index >= 15 is 0 Å². The molecule has 0 aliphatic heterocycles. The van der Waals surface area contributed by atoms with E-state index in [1.54, 1.807) is 0 Å². The molecule has 0 heterocycles. The number of ether oxygens (including phenoxy) is 1. The first-order valence-electron chi connectivity index (χ1n) is 5.36. The average molecular weight is 374 g/mol. The molecule has 0 unspecified atom stereocenters. The molecule has 0 aliphatic rings. The van der Waals surface area contributed by atoms with Crippen LogP contribution in [0.5, 0.6) is 5.75 Å². The summed E-state index contributed by atoms with van der Waals surface area (Å²) in [4.78, 5) is 12.2. The van der Waals surface area contributed by atoms with Crippen LogP contribution in [0.25, 0.3) is 0 Å². The van der Waals surface area contributed by atoms with Gasteiger partial charge in [-0.05, 0) is 59.0 Å². The molecule has 0 bridgehead atoms. The maximum absolute atomic E-state index is 13.6. The van der Waals surface area contributed by atoms with Gasteiger partial charge in [-0.25, -0.2) is 8.78 Å². The molecule has 0 fully saturated rings. The highest BCUT2D eigenvalue weighted by Gasteiger charge is 2.15. The molecular formula is C14H9F2IO2. The Labute approximate surface area is 122 Å². The molecule has 0 N–H and O–H groups in total. The first-order chi connectivity index (χ1) is 9.02. The number of halogens is 3. The van der Waals surface area contributed by atoms with Crippen molar-refractivity contribution in [1.82, 2.24) is 0 Å². The lowest BCUT2D eigenvalue weighted by molar-refractivity contribution is 0.103. The van der Waals surface area contributed by atoms with E-state index in [4.69, 9.17) is 4.74 Å². The van der Waals surface area contributed by atoms with Gasteiger partial charge in [0.25, 0.3) is 0 Å². The fraction of sp³-hybridized carbons (Fsp3) is 0.0714. The maximum Gasteiger partial charge on any atom is 0.194 e. The maximum atomic E-state index is 13.6. The van der Waals surface area contributed by atoms with Crippen LogP contribution in [0.2, 0.25) is 0 Å². The zero-order valence-corrected chi connectivity index (χ0v) is 12.1. The van der Waals surface area contributed by atoms with E-state index in [9.17, 15) is 13.6 Å². The first kappa shape index (κ1) is 13.9. The molecule has 2 nitrogen and oxygen atoms in total. The van der Waals surface area contributed by atoms with Gasteiger partial charge in [0, 0.05) is 14.7 Å². The van der Waals surface area contributed by atoms with Crippen molar-refractivity contribution >= 4 is 28.4 Å². The highest BCUT2D eigenvalue weighted by Crippen LogP contribution is 2.22. The van der Waals surface area contributed by atoms with E-state index in [2.05, 4.69) is 0 Å². The van der Waals surface area contributed by atoms with Gasteiger partial charge >= 0.3 is 0 Å². The van der Waals surface area contributed by atoms with Crippen molar-refractivity contribution < 1.29 is 18.3 Å². The fourth-order valence-corrected chi connectivity index (χ4v) is 2.36. The molecule has 2 aromatic rings. The fourth-order valence-electron chi connectivity index (χ4n) is 1.64. The van der Waals surface area contributed by atoms with Gasteiger partial charge in [-0.2, -0.15) is 0 Å². The number of benzene rings is 2. The summed E-state index contributed by atoms with van der Waals surface area (Å²) >= 11 is 1.87. The van der Waals surface area contributed by atoms with Gasteiger partial charge in [0.05, 0.1) is 7.11 Å². The van der Waals surface area contributed by atoms with Crippen LogP contribution < -0.4 is 4.74 Å². The molecule has 0 amide bonds. The van der Waals surface area contributed by atoms with Crippen LogP contribution in [-0.2, 0) is 0 Å². The van der Waals surface area contributed by atoms with Crippen LogP contribution in [0.4, 0.5) is 8.78 Å². The Balaban J connectivity index is 2.41. The minimum Gasteiger partial charge on any atom is -0.494 e. The second kappa shape index (κ2) is 5.64. The predicted octanol–water partition coefficient (Wildman–Crippen LogP) is 3.81. The molecule has 98 valence electrons. The van der Waals surface area contributed by atoms with Crippen LogP contribution in [0, 0.1) is 15.2 Å². The standard InChI is InChI=1S/C14H9F2IO2/c1-19-13-5-2-8(6-11(13)16)14(18)10-4-3-9(15)7-12(10)17/h2-7H,1H3. The zero-order valence-electron chi connectivity index (χ0n) is 9.91. The molecule has 2 rings (SSSR count). The minimum absolute atomic E-state index is 0.0744. The summed E-state index contributed by atoms with van der Waals surface area (Å²) in [7, 11) is 1.35. The summed E-state index contributed by atoms with van der Waals surface area (Å²) < 4.78 is 31.8. The summed E-state index contributed by atoms with van der Waals surface area (Å²) in [5, 5.41) is 0. The van der Waals surface area contributed by atoms with Gasteiger partial charge in [-0.3, -0.25) is 4.79 Å². The number of carbonyl (C=O) groups is 1. The van der Waals surface area contributed by atoms with E-state index in [1.165, 1.54) is 37.4 Å².